The summed E-state index contributed by atoms with van der Waals surface area (Å²) in [5.74, 6) is 0. The van der Waals surface area contributed by atoms with Crippen molar-refractivity contribution >= 4 is 10.2 Å². The topological polar surface area (TPSA) is 52.7 Å². The number of nitrogens with zero attached hydrogens (tertiary/aromatic N) is 2. The predicted molar refractivity (Wildman–Crippen MR) is 88.5 cm³/mol. The van der Waals surface area contributed by atoms with E-state index in [9.17, 15) is 8.42 Å². The molecule has 124 valence electrons. The third kappa shape index (κ3) is 5.36. The Balaban J connectivity index is 2.87. The lowest BCUT2D eigenvalue weighted by atomic mass is 10.0. The SMILES string of the molecule is C=C(C)CN(CC)S(=O)(=O)N1CCCCC1CNC(C)C. The van der Waals surface area contributed by atoms with Crippen LogP contribution in [0.15, 0.2) is 12.2 Å². The van der Waals surface area contributed by atoms with Gasteiger partial charge in [0.05, 0.1) is 0 Å². The van der Waals surface area contributed by atoms with Gasteiger partial charge in [0.25, 0.3) is 10.2 Å². The van der Waals surface area contributed by atoms with Crippen molar-refractivity contribution in [2.45, 2.75) is 59.0 Å². The first-order valence-corrected chi connectivity index (χ1v) is 9.33. The van der Waals surface area contributed by atoms with Gasteiger partial charge in [-0.2, -0.15) is 17.0 Å². The Hall–Kier alpha value is -0.430. The molecule has 0 aliphatic carbocycles. The molecular weight excluding hydrogens is 286 g/mol. The van der Waals surface area contributed by atoms with Crippen LogP contribution in [-0.4, -0.2) is 55.3 Å². The van der Waals surface area contributed by atoms with Crippen LogP contribution in [0.3, 0.4) is 0 Å². The lowest BCUT2D eigenvalue weighted by molar-refractivity contribution is 0.225. The summed E-state index contributed by atoms with van der Waals surface area (Å²) in [5.41, 5.74) is 0.870. The molecule has 1 fully saturated rings. The van der Waals surface area contributed by atoms with Gasteiger partial charge in [-0.05, 0) is 19.8 Å². The smallest absolute Gasteiger partial charge is 0.282 e. The summed E-state index contributed by atoms with van der Waals surface area (Å²) in [4.78, 5) is 0. The molecule has 6 heteroatoms. The van der Waals surface area contributed by atoms with Gasteiger partial charge in [-0.25, -0.2) is 0 Å². The Labute approximate surface area is 130 Å². The fourth-order valence-electron chi connectivity index (χ4n) is 2.66. The Morgan fingerprint density at radius 2 is 2.10 bits per heavy atom. The second-order valence-electron chi connectivity index (χ2n) is 6.21. The summed E-state index contributed by atoms with van der Waals surface area (Å²) < 4.78 is 29.0. The zero-order valence-corrected chi connectivity index (χ0v) is 14.7. The summed E-state index contributed by atoms with van der Waals surface area (Å²) >= 11 is 0. The van der Waals surface area contributed by atoms with Gasteiger partial charge in [0.15, 0.2) is 0 Å². The van der Waals surface area contributed by atoms with Crippen LogP contribution in [0, 0.1) is 0 Å². The summed E-state index contributed by atoms with van der Waals surface area (Å²) in [7, 11) is -3.40. The van der Waals surface area contributed by atoms with Crippen LogP contribution < -0.4 is 5.32 Å². The van der Waals surface area contributed by atoms with E-state index in [1.54, 1.807) is 4.31 Å². The largest absolute Gasteiger partial charge is 0.313 e. The molecule has 21 heavy (non-hydrogen) atoms. The Bertz CT molecular complexity index is 434. The quantitative estimate of drug-likeness (QED) is 0.697. The zero-order chi connectivity index (χ0) is 16.0. The molecule has 1 unspecified atom stereocenters. The van der Waals surface area contributed by atoms with Gasteiger partial charge in [0, 0.05) is 38.3 Å². The van der Waals surface area contributed by atoms with Gasteiger partial charge in [-0.1, -0.05) is 39.3 Å². The lowest BCUT2D eigenvalue weighted by Crippen LogP contribution is -2.54. The number of nitrogens with one attached hydrogen (secondary N) is 1. The first kappa shape index (κ1) is 18.6. The van der Waals surface area contributed by atoms with Crippen LogP contribution >= 0.6 is 0 Å². The molecule has 1 aliphatic heterocycles. The number of rotatable bonds is 8. The van der Waals surface area contributed by atoms with Gasteiger partial charge >= 0.3 is 0 Å². The van der Waals surface area contributed by atoms with E-state index in [1.807, 2.05) is 13.8 Å². The number of likely N-dealkylation sites (N-methyl/N-ethyl adjacent to an activating group) is 1. The van der Waals surface area contributed by atoms with Crippen molar-refractivity contribution in [1.82, 2.24) is 13.9 Å². The number of piperidine rings is 1. The molecular formula is C15H31N3O2S. The van der Waals surface area contributed by atoms with Crippen LogP contribution in [0.1, 0.15) is 47.0 Å². The van der Waals surface area contributed by atoms with Crippen molar-refractivity contribution in [3.8, 4) is 0 Å². The maximum absolute atomic E-state index is 12.9. The molecule has 0 aromatic heterocycles. The van der Waals surface area contributed by atoms with E-state index in [-0.39, 0.29) is 6.04 Å². The van der Waals surface area contributed by atoms with Crippen LogP contribution in [0.25, 0.3) is 0 Å². The summed E-state index contributed by atoms with van der Waals surface area (Å²) in [6, 6.07) is 0.430. The monoisotopic (exact) mass is 317 g/mol. The summed E-state index contributed by atoms with van der Waals surface area (Å²) in [6.07, 6.45) is 2.98. The lowest BCUT2D eigenvalue weighted by Gasteiger charge is -2.38. The van der Waals surface area contributed by atoms with Crippen LogP contribution in [0.5, 0.6) is 0 Å². The second-order valence-corrected chi connectivity index (χ2v) is 8.10. The van der Waals surface area contributed by atoms with Gasteiger partial charge < -0.3 is 5.32 Å². The summed E-state index contributed by atoms with van der Waals surface area (Å²) in [5, 5.41) is 3.37. The molecule has 0 aromatic rings. The van der Waals surface area contributed by atoms with E-state index in [1.165, 1.54) is 4.31 Å². The second kappa shape index (κ2) is 8.27. The van der Waals surface area contributed by atoms with Crippen molar-refractivity contribution in [1.29, 1.82) is 0 Å². The first-order valence-electron chi connectivity index (χ1n) is 7.93. The van der Waals surface area contributed by atoms with Crippen molar-refractivity contribution < 1.29 is 8.42 Å². The molecule has 0 spiro atoms. The van der Waals surface area contributed by atoms with Crippen molar-refractivity contribution in [3.63, 3.8) is 0 Å². The molecule has 0 saturated carbocycles. The first-order chi connectivity index (χ1) is 9.78. The molecule has 1 atom stereocenters. The fourth-order valence-corrected chi connectivity index (χ4v) is 4.58. The molecule has 1 aliphatic rings. The van der Waals surface area contributed by atoms with Crippen molar-refractivity contribution in [2.75, 3.05) is 26.2 Å². The van der Waals surface area contributed by atoms with Crippen molar-refractivity contribution in [3.05, 3.63) is 12.2 Å². The van der Waals surface area contributed by atoms with E-state index >= 15 is 0 Å². The highest BCUT2D eigenvalue weighted by molar-refractivity contribution is 7.86. The zero-order valence-electron chi connectivity index (χ0n) is 13.9. The van der Waals surface area contributed by atoms with Crippen LogP contribution in [0.4, 0.5) is 0 Å². The third-order valence-electron chi connectivity index (χ3n) is 3.76. The molecule has 0 amide bonds. The Morgan fingerprint density at radius 3 is 2.62 bits per heavy atom. The molecule has 0 radical (unpaired) electrons. The highest BCUT2D eigenvalue weighted by atomic mass is 32.2. The normalized spacial score (nSPS) is 21.1. The molecule has 5 nitrogen and oxygen atoms in total. The minimum absolute atomic E-state index is 0.0605. The Kier molecular flexibility index (Phi) is 7.33. The number of hydrogen-bond acceptors (Lipinski definition) is 3. The number of hydrogen-bond donors (Lipinski definition) is 1. The minimum atomic E-state index is -3.40. The third-order valence-corrected chi connectivity index (χ3v) is 5.87. The maximum Gasteiger partial charge on any atom is 0.282 e. The molecule has 1 heterocycles. The van der Waals surface area contributed by atoms with E-state index in [0.29, 0.717) is 25.7 Å². The molecule has 1 saturated heterocycles. The predicted octanol–water partition coefficient (Wildman–Crippen LogP) is 1.98. The molecule has 1 N–H and O–H groups in total. The van der Waals surface area contributed by atoms with Crippen LogP contribution in [0.2, 0.25) is 0 Å². The highest BCUT2D eigenvalue weighted by Gasteiger charge is 2.35. The van der Waals surface area contributed by atoms with Gasteiger partial charge in [0.2, 0.25) is 0 Å². The van der Waals surface area contributed by atoms with Gasteiger partial charge in [-0.15, -0.1) is 0 Å². The molecule has 1 rings (SSSR count). The van der Waals surface area contributed by atoms with E-state index < -0.39 is 10.2 Å². The van der Waals surface area contributed by atoms with Gasteiger partial charge in [0.1, 0.15) is 0 Å². The molecule has 0 bridgehead atoms. The molecule has 0 aromatic carbocycles. The minimum Gasteiger partial charge on any atom is -0.313 e. The Morgan fingerprint density at radius 1 is 1.43 bits per heavy atom. The van der Waals surface area contributed by atoms with E-state index in [4.69, 9.17) is 0 Å². The fraction of sp³-hybridized carbons (Fsp3) is 0.867. The summed E-state index contributed by atoms with van der Waals surface area (Å²) in [6.45, 7) is 14.0. The van der Waals surface area contributed by atoms with Crippen molar-refractivity contribution in [2.24, 2.45) is 0 Å². The standard InChI is InChI=1S/C15H31N3O2S/c1-6-17(12-13(2)3)21(19,20)18-10-8-7-9-15(18)11-16-14(4)5/h14-16H,2,6-12H2,1,3-5H3. The van der Waals surface area contributed by atoms with Crippen LogP contribution in [-0.2, 0) is 10.2 Å². The average molecular weight is 317 g/mol. The maximum atomic E-state index is 12.9. The van der Waals surface area contributed by atoms with Gasteiger partial charge in [-0.3, -0.25) is 0 Å². The average Bonchev–Trinajstić information content (AvgIpc) is 2.42. The highest BCUT2D eigenvalue weighted by Crippen LogP contribution is 2.23. The van der Waals surface area contributed by atoms with E-state index in [2.05, 4.69) is 25.7 Å². The van der Waals surface area contributed by atoms with E-state index in [0.717, 1.165) is 31.4 Å².